The maximum absolute atomic E-state index is 5.37. The van der Waals surface area contributed by atoms with Gasteiger partial charge in [-0.1, -0.05) is 13.8 Å². The lowest BCUT2D eigenvalue weighted by atomic mass is 10.2. The predicted molar refractivity (Wildman–Crippen MR) is 57.0 cm³/mol. The SMILES string of the molecule is CCO/C(CC)=N\c1[nH]ncc1CC. The van der Waals surface area contributed by atoms with E-state index in [4.69, 9.17) is 4.74 Å². The van der Waals surface area contributed by atoms with Crippen LogP contribution in [0.2, 0.25) is 0 Å². The number of aryl methyl sites for hydroxylation is 1. The van der Waals surface area contributed by atoms with Gasteiger partial charge in [-0.05, 0) is 13.3 Å². The number of nitrogens with zero attached hydrogens (tertiary/aromatic N) is 2. The second-order valence-electron chi connectivity index (χ2n) is 2.89. The highest BCUT2D eigenvalue weighted by Crippen LogP contribution is 2.15. The van der Waals surface area contributed by atoms with Gasteiger partial charge in [-0.2, -0.15) is 10.1 Å². The van der Waals surface area contributed by atoms with Crippen LogP contribution >= 0.6 is 0 Å². The van der Waals surface area contributed by atoms with Gasteiger partial charge < -0.3 is 4.74 Å². The number of aliphatic imine (C=N–C) groups is 1. The topological polar surface area (TPSA) is 50.3 Å². The van der Waals surface area contributed by atoms with Gasteiger partial charge in [-0.3, -0.25) is 5.10 Å². The molecule has 1 aromatic heterocycles. The zero-order valence-electron chi connectivity index (χ0n) is 9.00. The van der Waals surface area contributed by atoms with Gasteiger partial charge in [0, 0.05) is 12.0 Å². The third-order valence-corrected chi connectivity index (χ3v) is 1.93. The van der Waals surface area contributed by atoms with Gasteiger partial charge in [0.25, 0.3) is 0 Å². The van der Waals surface area contributed by atoms with Crippen molar-refractivity contribution in [1.82, 2.24) is 10.2 Å². The Hall–Kier alpha value is -1.32. The van der Waals surface area contributed by atoms with Crippen LogP contribution in [-0.2, 0) is 11.2 Å². The highest BCUT2D eigenvalue weighted by Gasteiger charge is 2.03. The molecule has 78 valence electrons. The van der Waals surface area contributed by atoms with Gasteiger partial charge in [0.05, 0.1) is 12.8 Å². The van der Waals surface area contributed by atoms with E-state index >= 15 is 0 Å². The third-order valence-electron chi connectivity index (χ3n) is 1.93. The fourth-order valence-corrected chi connectivity index (χ4v) is 1.16. The normalized spacial score (nSPS) is 11.8. The van der Waals surface area contributed by atoms with Crippen molar-refractivity contribution in [3.8, 4) is 0 Å². The molecule has 0 atom stereocenters. The largest absolute Gasteiger partial charge is 0.481 e. The summed E-state index contributed by atoms with van der Waals surface area (Å²) in [5.74, 6) is 1.57. The van der Waals surface area contributed by atoms with E-state index in [0.717, 1.165) is 30.1 Å². The van der Waals surface area contributed by atoms with Gasteiger partial charge >= 0.3 is 0 Å². The van der Waals surface area contributed by atoms with Crippen LogP contribution in [0.5, 0.6) is 0 Å². The molecule has 14 heavy (non-hydrogen) atoms. The van der Waals surface area contributed by atoms with Crippen LogP contribution in [0.4, 0.5) is 5.82 Å². The molecule has 0 bridgehead atoms. The lowest BCUT2D eigenvalue weighted by Crippen LogP contribution is -2.02. The van der Waals surface area contributed by atoms with Crippen LogP contribution in [0.1, 0.15) is 32.8 Å². The van der Waals surface area contributed by atoms with Crippen molar-refractivity contribution in [2.24, 2.45) is 4.99 Å². The summed E-state index contributed by atoms with van der Waals surface area (Å²) in [7, 11) is 0. The number of aromatic nitrogens is 2. The first-order chi connectivity index (χ1) is 6.81. The minimum absolute atomic E-state index is 0.655. The first-order valence-electron chi connectivity index (χ1n) is 5.04. The van der Waals surface area contributed by atoms with Crippen molar-refractivity contribution in [3.05, 3.63) is 11.8 Å². The predicted octanol–water partition coefficient (Wildman–Crippen LogP) is 2.45. The van der Waals surface area contributed by atoms with E-state index in [9.17, 15) is 0 Å². The maximum atomic E-state index is 5.37. The molecule has 0 amide bonds. The van der Waals surface area contributed by atoms with Crippen molar-refractivity contribution < 1.29 is 4.74 Å². The van der Waals surface area contributed by atoms with Crippen LogP contribution in [0.3, 0.4) is 0 Å². The average molecular weight is 195 g/mol. The molecular formula is C10H17N3O. The molecule has 0 aliphatic carbocycles. The number of hydrogen-bond acceptors (Lipinski definition) is 3. The molecular weight excluding hydrogens is 178 g/mol. The van der Waals surface area contributed by atoms with Crippen LogP contribution in [0, 0.1) is 0 Å². The Morgan fingerprint density at radius 1 is 1.50 bits per heavy atom. The van der Waals surface area contributed by atoms with Gasteiger partial charge in [0.2, 0.25) is 0 Å². The Bertz CT molecular complexity index is 304. The Morgan fingerprint density at radius 2 is 2.29 bits per heavy atom. The van der Waals surface area contributed by atoms with Gasteiger partial charge in [0.1, 0.15) is 0 Å². The monoisotopic (exact) mass is 195 g/mol. The Balaban J connectivity index is 2.82. The highest BCUT2D eigenvalue weighted by atomic mass is 16.5. The minimum Gasteiger partial charge on any atom is -0.481 e. The average Bonchev–Trinajstić information content (AvgIpc) is 2.64. The number of nitrogens with one attached hydrogen (secondary N) is 1. The van der Waals surface area contributed by atoms with Crippen molar-refractivity contribution in [1.29, 1.82) is 0 Å². The Morgan fingerprint density at radius 3 is 2.86 bits per heavy atom. The molecule has 1 heterocycles. The van der Waals surface area contributed by atoms with Crippen molar-refractivity contribution in [2.45, 2.75) is 33.6 Å². The summed E-state index contributed by atoms with van der Waals surface area (Å²) < 4.78 is 5.37. The summed E-state index contributed by atoms with van der Waals surface area (Å²) in [5, 5.41) is 6.82. The maximum Gasteiger partial charge on any atom is 0.189 e. The molecule has 4 heteroatoms. The first kappa shape index (κ1) is 10.8. The number of H-pyrrole nitrogens is 1. The third kappa shape index (κ3) is 2.58. The molecule has 1 rings (SSSR count). The summed E-state index contributed by atoms with van der Waals surface area (Å²) in [6.45, 7) is 6.72. The molecule has 1 N–H and O–H groups in total. The fraction of sp³-hybridized carbons (Fsp3) is 0.600. The highest BCUT2D eigenvalue weighted by molar-refractivity contribution is 5.78. The zero-order valence-corrected chi connectivity index (χ0v) is 9.00. The molecule has 4 nitrogen and oxygen atoms in total. The zero-order chi connectivity index (χ0) is 10.4. The second kappa shape index (κ2) is 5.42. The number of aromatic amines is 1. The van der Waals surface area contributed by atoms with Gasteiger partial charge in [-0.15, -0.1) is 0 Å². The number of hydrogen-bond donors (Lipinski definition) is 1. The van der Waals surface area contributed by atoms with Crippen molar-refractivity contribution in [3.63, 3.8) is 0 Å². The molecule has 0 spiro atoms. The summed E-state index contributed by atoms with van der Waals surface area (Å²) >= 11 is 0. The summed E-state index contributed by atoms with van der Waals surface area (Å²) in [4.78, 5) is 4.37. The van der Waals surface area contributed by atoms with Gasteiger partial charge in [0.15, 0.2) is 11.7 Å². The Labute approximate surface area is 84.4 Å². The molecule has 0 saturated heterocycles. The summed E-state index contributed by atoms with van der Waals surface area (Å²) in [5.41, 5.74) is 1.12. The Kier molecular flexibility index (Phi) is 4.16. The molecule has 1 aromatic rings. The van der Waals surface area contributed by atoms with Gasteiger partial charge in [-0.25, -0.2) is 0 Å². The molecule has 0 aliphatic rings. The molecule has 0 unspecified atom stereocenters. The summed E-state index contributed by atoms with van der Waals surface area (Å²) in [6.07, 6.45) is 3.53. The van der Waals surface area contributed by atoms with Crippen molar-refractivity contribution >= 4 is 11.7 Å². The van der Waals surface area contributed by atoms with E-state index in [-0.39, 0.29) is 0 Å². The fourth-order valence-electron chi connectivity index (χ4n) is 1.16. The quantitative estimate of drug-likeness (QED) is 0.592. The number of ether oxygens (including phenoxy) is 1. The molecule has 0 radical (unpaired) electrons. The lowest BCUT2D eigenvalue weighted by Gasteiger charge is -2.03. The number of rotatable bonds is 4. The molecule has 0 aliphatic heterocycles. The molecule has 0 fully saturated rings. The molecule has 0 saturated carbocycles. The van der Waals surface area contributed by atoms with E-state index in [2.05, 4.69) is 22.1 Å². The summed E-state index contributed by atoms with van der Waals surface area (Å²) in [6, 6.07) is 0. The van der Waals surface area contributed by atoms with Crippen LogP contribution in [0.25, 0.3) is 0 Å². The molecule has 0 aromatic carbocycles. The van der Waals surface area contributed by atoms with E-state index in [0.29, 0.717) is 6.61 Å². The van der Waals surface area contributed by atoms with E-state index in [1.165, 1.54) is 0 Å². The van der Waals surface area contributed by atoms with Crippen LogP contribution < -0.4 is 0 Å². The van der Waals surface area contributed by atoms with E-state index < -0.39 is 0 Å². The minimum atomic E-state index is 0.655. The lowest BCUT2D eigenvalue weighted by molar-refractivity contribution is 0.319. The first-order valence-corrected chi connectivity index (χ1v) is 5.04. The standard InChI is InChI=1S/C10H17N3O/c1-4-8-7-11-13-10(8)12-9(5-2)14-6-3/h7H,4-6H2,1-3H3,(H,11,13)/b12-9-. The van der Waals surface area contributed by atoms with Crippen LogP contribution in [0.15, 0.2) is 11.2 Å². The van der Waals surface area contributed by atoms with Crippen LogP contribution in [-0.4, -0.2) is 22.7 Å². The second-order valence-corrected chi connectivity index (χ2v) is 2.89. The van der Waals surface area contributed by atoms with Crippen molar-refractivity contribution in [2.75, 3.05) is 6.61 Å². The smallest absolute Gasteiger partial charge is 0.189 e. The van der Waals surface area contributed by atoms with E-state index in [1.807, 2.05) is 13.8 Å². The van der Waals surface area contributed by atoms with E-state index in [1.54, 1.807) is 6.20 Å².